The monoisotopic (exact) mass is 352 g/mol. The first-order valence-electron chi connectivity index (χ1n) is 8.11. The Balaban J connectivity index is 1.68. The fraction of sp³-hybridized carbons (Fsp3) is 0.200. The molecule has 4 nitrogen and oxygen atoms in total. The Bertz CT molecular complexity index is 859. The van der Waals surface area contributed by atoms with Crippen LogP contribution < -0.4 is 10.1 Å². The zero-order valence-corrected chi connectivity index (χ0v) is 15.1. The number of ether oxygens (including phenoxy) is 1. The van der Waals surface area contributed by atoms with Gasteiger partial charge in [-0.1, -0.05) is 42.5 Å². The summed E-state index contributed by atoms with van der Waals surface area (Å²) in [4.78, 5) is 17.9. The van der Waals surface area contributed by atoms with Crippen LogP contribution in [0.1, 0.15) is 21.1 Å². The molecule has 5 heteroatoms. The molecule has 0 radical (unpaired) electrons. The fourth-order valence-corrected chi connectivity index (χ4v) is 3.52. The van der Waals surface area contributed by atoms with E-state index < -0.39 is 0 Å². The van der Waals surface area contributed by atoms with E-state index in [1.807, 2.05) is 61.5 Å². The second-order valence-corrected chi connectivity index (χ2v) is 6.84. The Morgan fingerprint density at radius 1 is 1.16 bits per heavy atom. The standard InChI is InChI=1S/C20H20N2O2S/c1-14-22-18(19(25-14)16-8-4-3-5-9-16)20(23)21-12-11-15-7-6-10-17(13-15)24-2/h3-10,13H,11-12H2,1-2H3,(H,21,23). The van der Waals surface area contributed by atoms with Crippen LogP contribution in [-0.2, 0) is 6.42 Å². The van der Waals surface area contributed by atoms with Crippen LogP contribution in [0.5, 0.6) is 5.75 Å². The highest BCUT2D eigenvalue weighted by Gasteiger charge is 2.17. The maximum Gasteiger partial charge on any atom is 0.271 e. The van der Waals surface area contributed by atoms with Crippen LogP contribution in [0, 0.1) is 6.92 Å². The maximum absolute atomic E-state index is 12.6. The number of carbonyl (C=O) groups excluding carboxylic acids is 1. The van der Waals surface area contributed by atoms with Crippen LogP contribution in [0.2, 0.25) is 0 Å². The minimum absolute atomic E-state index is 0.133. The van der Waals surface area contributed by atoms with E-state index in [1.54, 1.807) is 18.4 Å². The Morgan fingerprint density at radius 2 is 1.96 bits per heavy atom. The fourth-order valence-electron chi connectivity index (χ4n) is 2.60. The molecule has 0 spiro atoms. The summed E-state index contributed by atoms with van der Waals surface area (Å²) in [5, 5.41) is 3.86. The van der Waals surface area contributed by atoms with Gasteiger partial charge in [0.25, 0.3) is 5.91 Å². The molecule has 0 aliphatic heterocycles. The molecule has 3 aromatic rings. The summed E-state index contributed by atoms with van der Waals surface area (Å²) < 4.78 is 5.22. The molecule has 1 N–H and O–H groups in total. The number of aryl methyl sites for hydroxylation is 1. The lowest BCUT2D eigenvalue weighted by molar-refractivity contribution is 0.0950. The van der Waals surface area contributed by atoms with Crippen molar-refractivity contribution in [1.29, 1.82) is 0 Å². The lowest BCUT2D eigenvalue weighted by atomic mass is 10.1. The number of amides is 1. The second kappa shape index (κ2) is 7.94. The van der Waals surface area contributed by atoms with Crippen LogP contribution in [0.4, 0.5) is 0 Å². The summed E-state index contributed by atoms with van der Waals surface area (Å²) >= 11 is 1.54. The number of hydrogen-bond donors (Lipinski definition) is 1. The first-order valence-corrected chi connectivity index (χ1v) is 8.93. The summed E-state index contributed by atoms with van der Waals surface area (Å²) in [6.07, 6.45) is 0.743. The molecule has 2 aromatic carbocycles. The van der Waals surface area contributed by atoms with Crippen LogP contribution in [0.3, 0.4) is 0 Å². The van der Waals surface area contributed by atoms with Crippen LogP contribution in [-0.4, -0.2) is 24.5 Å². The van der Waals surface area contributed by atoms with E-state index in [2.05, 4.69) is 10.3 Å². The number of nitrogens with one attached hydrogen (secondary N) is 1. The van der Waals surface area contributed by atoms with E-state index in [1.165, 1.54) is 0 Å². The highest BCUT2D eigenvalue weighted by Crippen LogP contribution is 2.29. The molecule has 128 valence electrons. The van der Waals surface area contributed by atoms with Gasteiger partial charge >= 0.3 is 0 Å². The molecule has 1 aromatic heterocycles. The number of thiazole rings is 1. The molecule has 3 rings (SSSR count). The van der Waals surface area contributed by atoms with Gasteiger partial charge in [-0.2, -0.15) is 0 Å². The Morgan fingerprint density at radius 3 is 2.72 bits per heavy atom. The third-order valence-corrected chi connectivity index (χ3v) is 4.84. The molecule has 0 bridgehead atoms. The van der Waals surface area contributed by atoms with E-state index in [-0.39, 0.29) is 5.91 Å². The molecule has 0 saturated heterocycles. The van der Waals surface area contributed by atoms with Crippen LogP contribution >= 0.6 is 11.3 Å². The van der Waals surface area contributed by atoms with Gasteiger partial charge in [-0.3, -0.25) is 4.79 Å². The molecule has 1 amide bonds. The van der Waals surface area contributed by atoms with E-state index in [0.717, 1.165) is 33.2 Å². The van der Waals surface area contributed by atoms with Gasteiger partial charge in [0.1, 0.15) is 11.4 Å². The predicted molar refractivity (Wildman–Crippen MR) is 101 cm³/mol. The van der Waals surface area contributed by atoms with Gasteiger partial charge in [-0.05, 0) is 36.6 Å². The topological polar surface area (TPSA) is 51.2 Å². The molecule has 25 heavy (non-hydrogen) atoms. The summed E-state index contributed by atoms with van der Waals surface area (Å²) in [6, 6.07) is 17.8. The number of hydrogen-bond acceptors (Lipinski definition) is 4. The van der Waals surface area contributed by atoms with E-state index >= 15 is 0 Å². The quantitative estimate of drug-likeness (QED) is 0.727. The van der Waals surface area contributed by atoms with E-state index in [4.69, 9.17) is 4.74 Å². The average Bonchev–Trinajstić information content (AvgIpc) is 3.04. The zero-order chi connectivity index (χ0) is 17.6. The third kappa shape index (κ3) is 4.25. The number of aromatic nitrogens is 1. The van der Waals surface area contributed by atoms with Gasteiger partial charge in [0.05, 0.1) is 17.0 Å². The average molecular weight is 352 g/mol. The van der Waals surface area contributed by atoms with Crippen molar-refractivity contribution in [3.63, 3.8) is 0 Å². The van der Waals surface area contributed by atoms with E-state index in [0.29, 0.717) is 12.2 Å². The minimum atomic E-state index is -0.133. The molecule has 0 fully saturated rings. The molecule has 0 atom stereocenters. The first-order chi connectivity index (χ1) is 12.2. The number of nitrogens with zero attached hydrogens (tertiary/aromatic N) is 1. The van der Waals surface area contributed by atoms with Gasteiger partial charge in [-0.15, -0.1) is 11.3 Å². The van der Waals surface area contributed by atoms with Crippen molar-refractivity contribution in [3.05, 3.63) is 70.9 Å². The van der Waals surface area contributed by atoms with Crippen molar-refractivity contribution in [2.45, 2.75) is 13.3 Å². The van der Waals surface area contributed by atoms with Gasteiger partial charge in [0.2, 0.25) is 0 Å². The maximum atomic E-state index is 12.6. The molecule has 0 aliphatic carbocycles. The largest absolute Gasteiger partial charge is 0.497 e. The van der Waals surface area contributed by atoms with E-state index in [9.17, 15) is 4.79 Å². The smallest absolute Gasteiger partial charge is 0.271 e. The Hall–Kier alpha value is -2.66. The summed E-state index contributed by atoms with van der Waals surface area (Å²) in [6.45, 7) is 2.47. The van der Waals surface area contributed by atoms with Crippen molar-refractivity contribution in [2.75, 3.05) is 13.7 Å². The highest BCUT2D eigenvalue weighted by atomic mass is 32.1. The molecule has 0 aliphatic rings. The normalized spacial score (nSPS) is 10.5. The van der Waals surface area contributed by atoms with Crippen LogP contribution in [0.25, 0.3) is 10.4 Å². The number of methoxy groups -OCH3 is 1. The number of benzene rings is 2. The van der Waals surface area contributed by atoms with Gasteiger partial charge in [-0.25, -0.2) is 4.98 Å². The first kappa shape index (κ1) is 17.2. The van der Waals surface area contributed by atoms with Crippen molar-refractivity contribution in [3.8, 4) is 16.2 Å². The third-order valence-electron chi connectivity index (χ3n) is 3.82. The van der Waals surface area contributed by atoms with Crippen molar-refractivity contribution >= 4 is 17.2 Å². The number of rotatable bonds is 6. The summed E-state index contributed by atoms with van der Waals surface area (Å²) in [7, 11) is 1.65. The number of carbonyl (C=O) groups is 1. The van der Waals surface area contributed by atoms with Crippen LogP contribution in [0.15, 0.2) is 54.6 Å². The zero-order valence-electron chi connectivity index (χ0n) is 14.3. The van der Waals surface area contributed by atoms with Gasteiger partial charge < -0.3 is 10.1 Å². The lowest BCUT2D eigenvalue weighted by Crippen LogP contribution is -2.26. The summed E-state index contributed by atoms with van der Waals surface area (Å²) in [5.41, 5.74) is 2.64. The molecule has 0 unspecified atom stereocenters. The lowest BCUT2D eigenvalue weighted by Gasteiger charge is -2.07. The molecular formula is C20H20N2O2S. The highest BCUT2D eigenvalue weighted by molar-refractivity contribution is 7.15. The Labute approximate surface area is 151 Å². The SMILES string of the molecule is COc1cccc(CCNC(=O)c2nc(C)sc2-c2ccccc2)c1. The second-order valence-electron chi connectivity index (χ2n) is 5.63. The molecule has 0 saturated carbocycles. The predicted octanol–water partition coefficient (Wildman–Crippen LogP) is 4.10. The van der Waals surface area contributed by atoms with Crippen molar-refractivity contribution in [1.82, 2.24) is 10.3 Å². The molecule has 1 heterocycles. The van der Waals surface area contributed by atoms with Crippen molar-refractivity contribution in [2.24, 2.45) is 0 Å². The van der Waals surface area contributed by atoms with Gasteiger partial charge in [0, 0.05) is 6.54 Å². The molecular weight excluding hydrogens is 332 g/mol. The van der Waals surface area contributed by atoms with Gasteiger partial charge in [0.15, 0.2) is 0 Å². The summed E-state index contributed by atoms with van der Waals surface area (Å²) in [5.74, 6) is 0.691. The van der Waals surface area contributed by atoms with Crippen molar-refractivity contribution < 1.29 is 9.53 Å². The minimum Gasteiger partial charge on any atom is -0.497 e. The Kier molecular flexibility index (Phi) is 5.46.